The zero-order chi connectivity index (χ0) is 15.5. The minimum atomic E-state index is -3.52. The molecule has 0 radical (unpaired) electrons. The molecule has 0 unspecified atom stereocenters. The highest BCUT2D eigenvalue weighted by molar-refractivity contribution is 7.89. The second-order valence-corrected chi connectivity index (χ2v) is 6.64. The number of rotatable bonds is 5. The van der Waals surface area contributed by atoms with Gasteiger partial charge in [-0.3, -0.25) is 0 Å². The SMILES string of the molecule is COc1ccc([C@@H](C)NS(=O)(=O)c2ccc(C)cc2)cc1. The fourth-order valence-electron chi connectivity index (χ4n) is 1.98. The van der Waals surface area contributed by atoms with Gasteiger partial charge < -0.3 is 4.74 Å². The van der Waals surface area contributed by atoms with Crippen LogP contribution >= 0.6 is 0 Å². The van der Waals surface area contributed by atoms with Crippen LogP contribution in [0.3, 0.4) is 0 Å². The molecular formula is C16H19NO3S. The summed E-state index contributed by atoms with van der Waals surface area (Å²) in [5.74, 6) is 0.743. The normalized spacial score (nSPS) is 12.9. The fourth-order valence-corrected chi connectivity index (χ4v) is 3.21. The predicted octanol–water partition coefficient (Wildman–Crippen LogP) is 3.04. The van der Waals surface area contributed by atoms with E-state index in [0.29, 0.717) is 0 Å². The summed E-state index contributed by atoms with van der Waals surface area (Å²) < 4.78 is 32.4. The van der Waals surface area contributed by atoms with Gasteiger partial charge >= 0.3 is 0 Å². The third-order valence-corrected chi connectivity index (χ3v) is 4.84. The first-order valence-corrected chi connectivity index (χ1v) is 8.13. The summed E-state index contributed by atoms with van der Waals surface area (Å²) >= 11 is 0. The Morgan fingerprint density at radius 1 is 1.00 bits per heavy atom. The highest BCUT2D eigenvalue weighted by Gasteiger charge is 2.18. The van der Waals surface area contributed by atoms with Crippen LogP contribution in [0.15, 0.2) is 53.4 Å². The molecule has 1 N–H and O–H groups in total. The molecule has 2 aromatic carbocycles. The van der Waals surface area contributed by atoms with Crippen molar-refractivity contribution in [2.24, 2.45) is 0 Å². The maximum absolute atomic E-state index is 12.3. The zero-order valence-corrected chi connectivity index (χ0v) is 13.1. The van der Waals surface area contributed by atoms with E-state index < -0.39 is 10.0 Å². The Labute approximate surface area is 125 Å². The van der Waals surface area contributed by atoms with Crippen LogP contribution in [0, 0.1) is 6.92 Å². The van der Waals surface area contributed by atoms with E-state index in [1.807, 2.05) is 38.1 Å². The van der Waals surface area contributed by atoms with E-state index in [1.54, 1.807) is 31.4 Å². The Morgan fingerprint density at radius 3 is 2.10 bits per heavy atom. The van der Waals surface area contributed by atoms with Crippen LogP contribution in [0.1, 0.15) is 24.1 Å². The molecule has 2 aromatic rings. The molecule has 0 heterocycles. The third-order valence-electron chi connectivity index (χ3n) is 3.28. The Kier molecular flexibility index (Phi) is 4.65. The quantitative estimate of drug-likeness (QED) is 0.923. The average Bonchev–Trinajstić information content (AvgIpc) is 2.47. The van der Waals surface area contributed by atoms with E-state index in [9.17, 15) is 8.42 Å². The summed E-state index contributed by atoms with van der Waals surface area (Å²) in [4.78, 5) is 0.272. The highest BCUT2D eigenvalue weighted by Crippen LogP contribution is 2.20. The molecule has 4 nitrogen and oxygen atoms in total. The number of nitrogens with one attached hydrogen (secondary N) is 1. The first-order valence-electron chi connectivity index (χ1n) is 6.65. The van der Waals surface area contributed by atoms with Gasteiger partial charge in [-0.05, 0) is 43.7 Å². The van der Waals surface area contributed by atoms with Crippen molar-refractivity contribution in [1.82, 2.24) is 4.72 Å². The molecule has 2 rings (SSSR count). The summed E-state index contributed by atoms with van der Waals surface area (Å²) in [5.41, 5.74) is 1.91. The van der Waals surface area contributed by atoms with Gasteiger partial charge in [0, 0.05) is 6.04 Å². The van der Waals surface area contributed by atoms with Crippen molar-refractivity contribution in [3.05, 3.63) is 59.7 Å². The third kappa shape index (κ3) is 3.83. The molecule has 0 aromatic heterocycles. The van der Waals surface area contributed by atoms with Gasteiger partial charge in [0.05, 0.1) is 12.0 Å². The van der Waals surface area contributed by atoms with Gasteiger partial charge in [0.25, 0.3) is 0 Å². The summed E-state index contributed by atoms with van der Waals surface area (Å²) in [5, 5.41) is 0. The fraction of sp³-hybridized carbons (Fsp3) is 0.250. The van der Waals surface area contributed by atoms with Crippen molar-refractivity contribution < 1.29 is 13.2 Å². The Morgan fingerprint density at radius 2 is 1.57 bits per heavy atom. The smallest absolute Gasteiger partial charge is 0.241 e. The Balaban J connectivity index is 2.17. The van der Waals surface area contributed by atoms with E-state index in [-0.39, 0.29) is 10.9 Å². The van der Waals surface area contributed by atoms with Gasteiger partial charge in [0.15, 0.2) is 0 Å². The molecule has 0 spiro atoms. The topological polar surface area (TPSA) is 55.4 Å². The van der Waals surface area contributed by atoms with Gasteiger partial charge in [-0.15, -0.1) is 0 Å². The molecule has 21 heavy (non-hydrogen) atoms. The van der Waals surface area contributed by atoms with Crippen molar-refractivity contribution in [1.29, 1.82) is 0 Å². The molecule has 112 valence electrons. The van der Waals surface area contributed by atoms with Crippen molar-refractivity contribution in [3.63, 3.8) is 0 Å². The summed E-state index contributed by atoms with van der Waals surface area (Å²) in [6.45, 7) is 3.73. The standard InChI is InChI=1S/C16H19NO3S/c1-12-4-10-16(11-5-12)21(18,19)17-13(2)14-6-8-15(20-3)9-7-14/h4-11,13,17H,1-3H3/t13-/m1/s1. The summed E-state index contributed by atoms with van der Waals surface area (Å²) in [7, 11) is -1.93. The first-order chi connectivity index (χ1) is 9.92. The van der Waals surface area contributed by atoms with E-state index in [2.05, 4.69) is 4.72 Å². The van der Waals surface area contributed by atoms with Crippen molar-refractivity contribution in [2.75, 3.05) is 7.11 Å². The lowest BCUT2D eigenvalue weighted by molar-refractivity contribution is 0.414. The first kappa shape index (κ1) is 15.5. The van der Waals surface area contributed by atoms with Crippen molar-refractivity contribution >= 4 is 10.0 Å². The zero-order valence-electron chi connectivity index (χ0n) is 12.3. The molecule has 1 atom stereocenters. The van der Waals surface area contributed by atoms with Crippen LogP contribution in [0.25, 0.3) is 0 Å². The number of ether oxygens (including phenoxy) is 1. The monoisotopic (exact) mass is 305 g/mol. The van der Waals surface area contributed by atoms with Crippen molar-refractivity contribution in [2.45, 2.75) is 24.8 Å². The number of benzene rings is 2. The maximum Gasteiger partial charge on any atom is 0.241 e. The van der Waals surface area contributed by atoms with Crippen LogP contribution < -0.4 is 9.46 Å². The number of hydrogen-bond donors (Lipinski definition) is 1. The molecule has 0 aliphatic carbocycles. The maximum atomic E-state index is 12.3. The highest BCUT2D eigenvalue weighted by atomic mass is 32.2. The van der Waals surface area contributed by atoms with Crippen LogP contribution in [-0.2, 0) is 10.0 Å². The van der Waals surface area contributed by atoms with Crippen LogP contribution in [0.5, 0.6) is 5.75 Å². The molecule has 0 amide bonds. The predicted molar refractivity (Wildman–Crippen MR) is 82.9 cm³/mol. The summed E-state index contributed by atoms with van der Waals surface area (Å²) in [6, 6.07) is 13.8. The number of aryl methyl sites for hydroxylation is 1. The largest absolute Gasteiger partial charge is 0.497 e. The second-order valence-electron chi connectivity index (χ2n) is 4.93. The molecule has 0 fully saturated rings. The van der Waals surface area contributed by atoms with E-state index >= 15 is 0 Å². The molecule has 0 bridgehead atoms. The molecule has 5 heteroatoms. The molecule has 0 saturated carbocycles. The van der Waals surface area contributed by atoms with Gasteiger partial charge in [-0.2, -0.15) is 0 Å². The Hall–Kier alpha value is -1.85. The van der Waals surface area contributed by atoms with Gasteiger partial charge in [-0.1, -0.05) is 29.8 Å². The minimum absolute atomic E-state index is 0.272. The average molecular weight is 305 g/mol. The van der Waals surface area contributed by atoms with Gasteiger partial charge in [0.1, 0.15) is 5.75 Å². The second kappa shape index (κ2) is 6.28. The van der Waals surface area contributed by atoms with E-state index in [0.717, 1.165) is 16.9 Å². The molecule has 0 aliphatic heterocycles. The van der Waals surface area contributed by atoms with E-state index in [4.69, 9.17) is 4.74 Å². The molecular weight excluding hydrogens is 286 g/mol. The number of sulfonamides is 1. The van der Waals surface area contributed by atoms with Crippen LogP contribution in [0.4, 0.5) is 0 Å². The van der Waals surface area contributed by atoms with Crippen molar-refractivity contribution in [3.8, 4) is 5.75 Å². The lowest BCUT2D eigenvalue weighted by Gasteiger charge is -2.15. The van der Waals surface area contributed by atoms with Crippen LogP contribution in [0.2, 0.25) is 0 Å². The van der Waals surface area contributed by atoms with Gasteiger partial charge in [-0.25, -0.2) is 13.1 Å². The van der Waals surface area contributed by atoms with E-state index in [1.165, 1.54) is 0 Å². The number of hydrogen-bond acceptors (Lipinski definition) is 3. The molecule has 0 aliphatic rings. The lowest BCUT2D eigenvalue weighted by atomic mass is 10.1. The lowest BCUT2D eigenvalue weighted by Crippen LogP contribution is -2.26. The van der Waals surface area contributed by atoms with Crippen LogP contribution in [-0.4, -0.2) is 15.5 Å². The Bertz CT molecular complexity index is 691. The van der Waals surface area contributed by atoms with Gasteiger partial charge in [0.2, 0.25) is 10.0 Å². The summed E-state index contributed by atoms with van der Waals surface area (Å²) in [6.07, 6.45) is 0. The minimum Gasteiger partial charge on any atom is -0.497 e. The molecule has 0 saturated heterocycles. The number of methoxy groups -OCH3 is 1.